The lowest BCUT2D eigenvalue weighted by Gasteiger charge is -2.30. The molecule has 1 saturated heterocycles. The van der Waals surface area contributed by atoms with E-state index in [0.717, 1.165) is 6.07 Å². The van der Waals surface area contributed by atoms with Crippen LogP contribution < -0.4 is 9.62 Å². The predicted octanol–water partition coefficient (Wildman–Crippen LogP) is 2.31. The van der Waals surface area contributed by atoms with Gasteiger partial charge in [0.2, 0.25) is 0 Å². The minimum absolute atomic E-state index is 0.0863. The lowest BCUT2D eigenvalue weighted by atomic mass is 10.1. The van der Waals surface area contributed by atoms with Gasteiger partial charge in [-0.15, -0.1) is 0 Å². The molecule has 0 spiro atoms. The monoisotopic (exact) mass is 469 g/mol. The van der Waals surface area contributed by atoms with Crippen LogP contribution in [-0.4, -0.2) is 45.6 Å². The molecular formula is C17H16BrN3O6S. The van der Waals surface area contributed by atoms with Gasteiger partial charge in [0.05, 0.1) is 34.3 Å². The molecule has 1 fully saturated rings. The van der Waals surface area contributed by atoms with Crippen molar-refractivity contribution in [1.29, 1.82) is 0 Å². The summed E-state index contributed by atoms with van der Waals surface area (Å²) >= 11 is 3.21. The molecule has 1 N–H and O–H groups in total. The second-order valence-corrected chi connectivity index (χ2v) is 8.54. The number of benzene rings is 2. The summed E-state index contributed by atoms with van der Waals surface area (Å²) in [7, 11) is -4.14. The molecule has 3 rings (SSSR count). The molecule has 1 amide bonds. The van der Waals surface area contributed by atoms with Crippen LogP contribution in [0.2, 0.25) is 0 Å². The van der Waals surface area contributed by atoms with Crippen molar-refractivity contribution in [2.24, 2.45) is 0 Å². The summed E-state index contributed by atoms with van der Waals surface area (Å²) in [6, 6.07) is 9.57. The Bertz CT molecular complexity index is 1000. The van der Waals surface area contributed by atoms with E-state index in [1.807, 2.05) is 9.62 Å². The normalized spacial score (nSPS) is 14.5. The maximum Gasteiger partial charge on any atom is 0.270 e. The van der Waals surface area contributed by atoms with Gasteiger partial charge in [-0.25, -0.2) is 13.1 Å². The quantitative estimate of drug-likeness (QED) is 0.526. The number of nitro benzene ring substituents is 1. The van der Waals surface area contributed by atoms with Crippen molar-refractivity contribution in [3.8, 4) is 0 Å². The highest BCUT2D eigenvalue weighted by Gasteiger charge is 2.25. The number of nitrogens with zero attached hydrogens (tertiary/aromatic N) is 2. The van der Waals surface area contributed by atoms with Gasteiger partial charge >= 0.3 is 0 Å². The van der Waals surface area contributed by atoms with Crippen molar-refractivity contribution in [3.63, 3.8) is 0 Å². The second kappa shape index (κ2) is 8.25. The minimum Gasteiger partial charge on any atom is -0.378 e. The third-order valence-corrected chi connectivity index (χ3v) is 6.01. The molecule has 0 saturated carbocycles. The highest BCUT2D eigenvalue weighted by Crippen LogP contribution is 2.27. The average molecular weight is 470 g/mol. The van der Waals surface area contributed by atoms with Gasteiger partial charge in [-0.2, -0.15) is 0 Å². The lowest BCUT2D eigenvalue weighted by molar-refractivity contribution is -0.384. The number of non-ortho nitro benzene ring substituents is 1. The molecule has 0 aromatic heterocycles. The summed E-state index contributed by atoms with van der Waals surface area (Å²) in [5.41, 5.74) is 0.0254. The van der Waals surface area contributed by atoms with Crippen LogP contribution in [0.4, 0.5) is 11.4 Å². The zero-order chi connectivity index (χ0) is 20.3. The zero-order valence-electron chi connectivity index (χ0n) is 14.5. The average Bonchev–Trinajstić information content (AvgIpc) is 2.68. The molecule has 0 aliphatic carbocycles. The third kappa shape index (κ3) is 4.49. The van der Waals surface area contributed by atoms with Gasteiger partial charge in [0.15, 0.2) is 0 Å². The van der Waals surface area contributed by atoms with Gasteiger partial charge in [0.25, 0.3) is 21.6 Å². The summed E-state index contributed by atoms with van der Waals surface area (Å²) in [5.74, 6) is -0.937. The van der Waals surface area contributed by atoms with Gasteiger partial charge < -0.3 is 9.64 Å². The summed E-state index contributed by atoms with van der Waals surface area (Å²) in [6.45, 7) is 1.85. The van der Waals surface area contributed by atoms with E-state index in [1.54, 1.807) is 0 Å². The number of carbonyl (C=O) groups is 1. The smallest absolute Gasteiger partial charge is 0.270 e. The Labute approximate surface area is 169 Å². The number of rotatable bonds is 5. The zero-order valence-corrected chi connectivity index (χ0v) is 16.9. The Balaban J connectivity index is 1.95. The molecule has 0 atom stereocenters. The number of sulfonamides is 1. The number of morpholine rings is 1. The van der Waals surface area contributed by atoms with Gasteiger partial charge in [0, 0.05) is 29.7 Å². The van der Waals surface area contributed by atoms with Crippen LogP contribution in [0.15, 0.2) is 51.8 Å². The molecule has 0 bridgehead atoms. The first-order chi connectivity index (χ1) is 13.3. The Morgan fingerprint density at radius 2 is 1.79 bits per heavy atom. The van der Waals surface area contributed by atoms with Crippen molar-refractivity contribution in [2.75, 3.05) is 31.2 Å². The molecule has 148 valence electrons. The van der Waals surface area contributed by atoms with Crippen LogP contribution in [0, 0.1) is 10.1 Å². The van der Waals surface area contributed by atoms with E-state index in [-0.39, 0.29) is 16.1 Å². The van der Waals surface area contributed by atoms with Crippen LogP contribution in [0.5, 0.6) is 0 Å². The fraction of sp³-hybridized carbons (Fsp3) is 0.235. The number of nitro groups is 1. The molecule has 28 heavy (non-hydrogen) atoms. The van der Waals surface area contributed by atoms with Crippen LogP contribution in [-0.2, 0) is 14.8 Å². The number of carbonyl (C=O) groups excluding carboxylic acids is 1. The van der Waals surface area contributed by atoms with Gasteiger partial charge in [-0.05, 0) is 30.3 Å². The summed E-state index contributed by atoms with van der Waals surface area (Å²) in [6.07, 6.45) is 0. The molecule has 2 aromatic carbocycles. The maximum atomic E-state index is 12.8. The number of nitrogens with one attached hydrogen (secondary N) is 1. The summed E-state index contributed by atoms with van der Waals surface area (Å²) in [4.78, 5) is 25.0. The standard InChI is InChI=1S/C17H16BrN3O6S/c18-12-1-4-14(5-2-12)28(25,26)19-17(22)15-11-13(21(23)24)3-6-16(15)20-7-9-27-10-8-20/h1-6,11H,7-10H2,(H,19,22). The van der Waals surface area contributed by atoms with Crippen molar-refractivity contribution in [3.05, 3.63) is 62.6 Å². The third-order valence-electron chi connectivity index (χ3n) is 4.14. The van der Waals surface area contributed by atoms with Crippen molar-refractivity contribution < 1.29 is 22.9 Å². The number of amides is 1. The van der Waals surface area contributed by atoms with Crippen LogP contribution in [0.3, 0.4) is 0 Å². The molecule has 1 heterocycles. The molecule has 1 aliphatic rings. The van der Waals surface area contributed by atoms with Crippen LogP contribution >= 0.6 is 15.9 Å². The number of hydrogen-bond donors (Lipinski definition) is 1. The number of hydrogen-bond acceptors (Lipinski definition) is 7. The summed E-state index contributed by atoms with van der Waals surface area (Å²) in [5, 5.41) is 11.1. The van der Waals surface area contributed by atoms with Gasteiger partial charge in [-0.3, -0.25) is 14.9 Å². The molecule has 11 heteroatoms. The van der Waals surface area contributed by atoms with E-state index < -0.39 is 20.9 Å². The Morgan fingerprint density at radius 3 is 2.39 bits per heavy atom. The van der Waals surface area contributed by atoms with E-state index in [4.69, 9.17) is 4.74 Å². The minimum atomic E-state index is -4.14. The first-order valence-corrected chi connectivity index (χ1v) is 10.5. The van der Waals surface area contributed by atoms with E-state index in [2.05, 4.69) is 15.9 Å². The van der Waals surface area contributed by atoms with Crippen LogP contribution in [0.1, 0.15) is 10.4 Å². The Hall–Kier alpha value is -2.50. The highest BCUT2D eigenvalue weighted by atomic mass is 79.9. The van der Waals surface area contributed by atoms with Gasteiger partial charge in [-0.1, -0.05) is 15.9 Å². The first kappa shape index (κ1) is 20.2. The molecule has 0 unspecified atom stereocenters. The first-order valence-electron chi connectivity index (χ1n) is 8.22. The number of anilines is 1. The molecule has 1 aliphatic heterocycles. The maximum absolute atomic E-state index is 12.8. The Morgan fingerprint density at radius 1 is 1.14 bits per heavy atom. The molecule has 0 radical (unpaired) electrons. The number of halogens is 1. The SMILES string of the molecule is O=C(NS(=O)(=O)c1ccc(Br)cc1)c1cc([N+](=O)[O-])ccc1N1CCOCC1. The van der Waals surface area contributed by atoms with E-state index >= 15 is 0 Å². The van der Waals surface area contributed by atoms with Crippen molar-refractivity contribution >= 4 is 43.2 Å². The predicted molar refractivity (Wildman–Crippen MR) is 105 cm³/mol. The van der Waals surface area contributed by atoms with E-state index in [9.17, 15) is 23.3 Å². The van der Waals surface area contributed by atoms with Crippen molar-refractivity contribution in [2.45, 2.75) is 4.90 Å². The summed E-state index contributed by atoms with van der Waals surface area (Å²) < 4.78 is 33.0. The lowest BCUT2D eigenvalue weighted by Crippen LogP contribution is -2.38. The largest absolute Gasteiger partial charge is 0.378 e. The van der Waals surface area contributed by atoms with Crippen molar-refractivity contribution in [1.82, 2.24) is 4.72 Å². The molecule has 2 aromatic rings. The fourth-order valence-corrected chi connectivity index (χ4v) is 3.98. The van der Waals surface area contributed by atoms with Gasteiger partial charge in [0.1, 0.15) is 0 Å². The Kier molecular flexibility index (Phi) is 5.96. The fourth-order valence-electron chi connectivity index (χ4n) is 2.75. The molecule has 9 nitrogen and oxygen atoms in total. The number of ether oxygens (including phenoxy) is 1. The van der Waals surface area contributed by atoms with Crippen LogP contribution in [0.25, 0.3) is 0 Å². The molecular weight excluding hydrogens is 454 g/mol. The second-order valence-electron chi connectivity index (χ2n) is 5.95. The highest BCUT2D eigenvalue weighted by molar-refractivity contribution is 9.10. The van der Waals surface area contributed by atoms with E-state index in [0.29, 0.717) is 36.5 Å². The van der Waals surface area contributed by atoms with E-state index in [1.165, 1.54) is 36.4 Å². The topological polar surface area (TPSA) is 119 Å².